The molecule has 1 saturated heterocycles. The van der Waals surface area contributed by atoms with Crippen molar-refractivity contribution in [2.24, 2.45) is 0 Å². The molecule has 1 atom stereocenters. The second-order valence-corrected chi connectivity index (χ2v) is 7.24. The fourth-order valence-corrected chi connectivity index (χ4v) is 3.51. The number of hydrogen-bond acceptors (Lipinski definition) is 7. The molecule has 1 aromatic carbocycles. The smallest absolute Gasteiger partial charge is 0.328 e. The van der Waals surface area contributed by atoms with Crippen LogP contribution in [0.4, 0.5) is 0 Å². The lowest BCUT2D eigenvalue weighted by molar-refractivity contribution is 0.141. The molecule has 9 nitrogen and oxygen atoms in total. The van der Waals surface area contributed by atoms with Gasteiger partial charge in [0, 0.05) is 26.7 Å². The molecule has 3 heterocycles. The van der Waals surface area contributed by atoms with Gasteiger partial charge in [0.15, 0.2) is 5.65 Å². The fraction of sp³-hybridized carbons (Fsp3) is 0.450. The van der Waals surface area contributed by atoms with Crippen molar-refractivity contribution >= 4 is 11.2 Å². The Balaban J connectivity index is 1.48. The Morgan fingerprint density at radius 2 is 1.97 bits per heavy atom. The number of H-pyrrole nitrogens is 1. The van der Waals surface area contributed by atoms with Gasteiger partial charge in [0.1, 0.15) is 12.1 Å². The van der Waals surface area contributed by atoms with E-state index in [0.717, 1.165) is 31.6 Å². The van der Waals surface area contributed by atoms with Gasteiger partial charge in [-0.25, -0.2) is 9.78 Å². The Morgan fingerprint density at radius 3 is 2.66 bits per heavy atom. The minimum absolute atomic E-state index is 0.213. The van der Waals surface area contributed by atoms with Crippen molar-refractivity contribution in [1.29, 1.82) is 0 Å². The van der Waals surface area contributed by atoms with Crippen LogP contribution in [0.1, 0.15) is 17.5 Å². The van der Waals surface area contributed by atoms with E-state index in [1.165, 1.54) is 5.56 Å². The highest BCUT2D eigenvalue weighted by atomic mass is 16.5. The second kappa shape index (κ2) is 8.73. The first-order valence-electron chi connectivity index (χ1n) is 9.68. The predicted octanol–water partition coefficient (Wildman–Crippen LogP) is 0.760. The average molecular weight is 399 g/mol. The van der Waals surface area contributed by atoms with Gasteiger partial charge in [0.2, 0.25) is 0 Å². The molecule has 1 aliphatic heterocycles. The number of β-amino-alcohol motifs (C(OH)–C–C–N with tert-alkyl or cyclic N) is 1. The van der Waals surface area contributed by atoms with E-state index in [1.807, 2.05) is 12.1 Å². The molecule has 2 aromatic heterocycles. The summed E-state index contributed by atoms with van der Waals surface area (Å²) < 4.78 is 12.0. The maximum atomic E-state index is 12.4. The van der Waals surface area contributed by atoms with Crippen molar-refractivity contribution in [2.75, 3.05) is 33.4 Å². The molecule has 9 heteroatoms. The summed E-state index contributed by atoms with van der Waals surface area (Å²) in [6.45, 7) is 3.63. The highest BCUT2D eigenvalue weighted by Crippen LogP contribution is 2.16. The largest absolute Gasteiger partial charge is 0.461 e. The van der Waals surface area contributed by atoms with Crippen LogP contribution in [-0.2, 0) is 17.8 Å². The minimum atomic E-state index is -0.238. The quantitative estimate of drug-likeness (QED) is 0.539. The van der Waals surface area contributed by atoms with E-state index < -0.39 is 0 Å². The number of nitrogens with zero attached hydrogens (tertiary/aromatic N) is 4. The fourth-order valence-electron chi connectivity index (χ4n) is 3.51. The van der Waals surface area contributed by atoms with Gasteiger partial charge in [-0.2, -0.15) is 4.98 Å². The van der Waals surface area contributed by atoms with Crippen LogP contribution in [0.25, 0.3) is 11.2 Å². The van der Waals surface area contributed by atoms with Crippen molar-refractivity contribution in [3.63, 3.8) is 0 Å². The summed E-state index contributed by atoms with van der Waals surface area (Å²) in [5, 5.41) is 9.66. The molecule has 154 valence electrons. The lowest BCUT2D eigenvalue weighted by atomic mass is 10.1. The summed E-state index contributed by atoms with van der Waals surface area (Å²) in [7, 11) is 1.59. The Bertz CT molecular complexity index is 1010. The standard InChI is InChI=1S/C20H25N5O4/c1-28-8-9-29-19-21-10-17-18(23-19)25(20(27)22-17)12-15-4-2-14(3-5-15)11-24-7-6-16(26)13-24/h2-5,10,16,26H,6-9,11-13H2,1H3,(H,22,27). The van der Waals surface area contributed by atoms with Crippen molar-refractivity contribution < 1.29 is 14.6 Å². The summed E-state index contributed by atoms with van der Waals surface area (Å²) in [4.78, 5) is 25.9. The number of methoxy groups -OCH3 is 1. The zero-order valence-electron chi connectivity index (χ0n) is 16.4. The Hall–Kier alpha value is -2.75. The van der Waals surface area contributed by atoms with Crippen LogP contribution in [0.15, 0.2) is 35.3 Å². The van der Waals surface area contributed by atoms with Gasteiger partial charge < -0.3 is 19.6 Å². The van der Waals surface area contributed by atoms with Crippen LogP contribution >= 0.6 is 0 Å². The highest BCUT2D eigenvalue weighted by molar-refractivity contribution is 5.69. The number of ether oxygens (including phenoxy) is 2. The van der Waals surface area contributed by atoms with E-state index >= 15 is 0 Å². The van der Waals surface area contributed by atoms with Crippen LogP contribution in [0.3, 0.4) is 0 Å². The molecule has 4 rings (SSSR count). The molecule has 0 radical (unpaired) electrons. The molecule has 0 amide bonds. The monoisotopic (exact) mass is 399 g/mol. The summed E-state index contributed by atoms with van der Waals surface area (Å²) in [6, 6.07) is 8.38. The van der Waals surface area contributed by atoms with Crippen molar-refractivity contribution in [1.82, 2.24) is 24.4 Å². The van der Waals surface area contributed by atoms with E-state index in [9.17, 15) is 9.90 Å². The van der Waals surface area contributed by atoms with Gasteiger partial charge in [0.05, 0.1) is 25.5 Å². The third-order valence-electron chi connectivity index (χ3n) is 5.02. The molecular formula is C20H25N5O4. The maximum Gasteiger partial charge on any atom is 0.328 e. The third kappa shape index (κ3) is 4.64. The molecule has 0 spiro atoms. The lowest BCUT2D eigenvalue weighted by Gasteiger charge is -2.15. The topological polar surface area (TPSA) is 106 Å². The maximum absolute atomic E-state index is 12.4. The number of likely N-dealkylation sites (tertiary alicyclic amines) is 1. The number of fused-ring (bicyclic) bond motifs is 1. The minimum Gasteiger partial charge on any atom is -0.461 e. The number of nitrogens with one attached hydrogen (secondary N) is 1. The zero-order chi connectivity index (χ0) is 20.2. The molecule has 0 aliphatic carbocycles. The number of aromatic nitrogens is 4. The van der Waals surface area contributed by atoms with E-state index in [2.05, 4.69) is 32.0 Å². The van der Waals surface area contributed by atoms with Gasteiger partial charge in [-0.1, -0.05) is 24.3 Å². The number of imidazole rings is 1. The van der Waals surface area contributed by atoms with Gasteiger partial charge in [-0.05, 0) is 17.5 Å². The molecule has 1 unspecified atom stereocenters. The normalized spacial score (nSPS) is 17.2. The number of aliphatic hydroxyl groups is 1. The first-order chi connectivity index (χ1) is 14.1. The molecule has 1 aliphatic rings. The van der Waals surface area contributed by atoms with Crippen LogP contribution in [0, 0.1) is 0 Å². The van der Waals surface area contributed by atoms with E-state index in [1.54, 1.807) is 17.9 Å². The average Bonchev–Trinajstić information content (AvgIpc) is 3.26. The number of aliphatic hydroxyl groups excluding tert-OH is 1. The Labute approximate surface area is 167 Å². The van der Waals surface area contributed by atoms with Crippen LogP contribution in [-0.4, -0.2) is 69.0 Å². The lowest BCUT2D eigenvalue weighted by Crippen LogP contribution is -2.21. The van der Waals surface area contributed by atoms with Crippen LogP contribution in [0.5, 0.6) is 6.01 Å². The molecule has 3 aromatic rings. The third-order valence-corrected chi connectivity index (χ3v) is 5.02. The number of benzene rings is 1. The summed E-state index contributed by atoms with van der Waals surface area (Å²) in [5.74, 6) is 0. The van der Waals surface area contributed by atoms with Crippen LogP contribution in [0.2, 0.25) is 0 Å². The van der Waals surface area contributed by atoms with Crippen molar-refractivity contribution in [2.45, 2.75) is 25.6 Å². The number of rotatable bonds is 8. The molecule has 29 heavy (non-hydrogen) atoms. The molecule has 0 bridgehead atoms. The Kier molecular flexibility index (Phi) is 5.89. The number of aromatic amines is 1. The molecular weight excluding hydrogens is 374 g/mol. The Morgan fingerprint density at radius 1 is 1.21 bits per heavy atom. The zero-order valence-corrected chi connectivity index (χ0v) is 16.4. The first-order valence-corrected chi connectivity index (χ1v) is 9.68. The molecule has 1 fully saturated rings. The molecule has 0 saturated carbocycles. The second-order valence-electron chi connectivity index (χ2n) is 7.24. The van der Waals surface area contributed by atoms with Crippen molar-refractivity contribution in [3.05, 3.63) is 52.1 Å². The number of hydrogen-bond donors (Lipinski definition) is 2. The predicted molar refractivity (Wildman–Crippen MR) is 107 cm³/mol. The SMILES string of the molecule is COCCOc1ncc2[nH]c(=O)n(Cc3ccc(CN4CCC(O)C4)cc3)c2n1. The van der Waals surface area contributed by atoms with E-state index in [4.69, 9.17) is 9.47 Å². The van der Waals surface area contributed by atoms with Crippen LogP contribution < -0.4 is 10.4 Å². The molecule has 2 N–H and O–H groups in total. The highest BCUT2D eigenvalue weighted by Gasteiger charge is 2.19. The van der Waals surface area contributed by atoms with Gasteiger partial charge >= 0.3 is 11.7 Å². The first kappa shape index (κ1) is 19.6. The van der Waals surface area contributed by atoms with Gasteiger partial charge in [-0.3, -0.25) is 9.47 Å². The van der Waals surface area contributed by atoms with E-state index in [-0.39, 0.29) is 17.8 Å². The summed E-state index contributed by atoms with van der Waals surface area (Å²) in [5.41, 5.74) is 3.02. The van der Waals surface area contributed by atoms with E-state index in [0.29, 0.717) is 30.9 Å². The summed E-state index contributed by atoms with van der Waals surface area (Å²) in [6.07, 6.45) is 2.17. The van der Waals surface area contributed by atoms with Gasteiger partial charge in [0.25, 0.3) is 0 Å². The summed E-state index contributed by atoms with van der Waals surface area (Å²) >= 11 is 0. The van der Waals surface area contributed by atoms with Crippen molar-refractivity contribution in [3.8, 4) is 6.01 Å². The van der Waals surface area contributed by atoms with Gasteiger partial charge in [-0.15, -0.1) is 0 Å².